The maximum absolute atomic E-state index is 16.4. The zero-order valence-electron chi connectivity index (χ0n) is 23.1. The van der Waals surface area contributed by atoms with E-state index in [0.717, 1.165) is 12.5 Å². The molecule has 0 aliphatic carbocycles. The number of rotatable bonds is 11. The average molecular weight is 589 g/mol. The molecular weight excluding hydrogens is 559 g/mol. The van der Waals surface area contributed by atoms with Gasteiger partial charge in [0.25, 0.3) is 0 Å². The smallest absolute Gasteiger partial charge is 0.417 e. The molecule has 4 rings (SSSR count). The highest BCUT2D eigenvalue weighted by molar-refractivity contribution is 5.96. The molecule has 3 N–H and O–H groups in total. The number of hydrogen-bond acceptors (Lipinski definition) is 8. The second-order valence-electron chi connectivity index (χ2n) is 9.47. The van der Waals surface area contributed by atoms with E-state index < -0.39 is 57.5 Å². The lowest BCUT2D eigenvalue weighted by Gasteiger charge is -2.21. The molecule has 1 unspecified atom stereocenters. The van der Waals surface area contributed by atoms with E-state index in [1.54, 1.807) is 31.2 Å². The second-order valence-corrected chi connectivity index (χ2v) is 9.47. The standard InChI is InChI=1S/C29H29F5N6O2/c1-5-15(2)42-27-20-25(23(31)24(38-27)18-13-19(35)22(30)16(3)21(18)29(32,33)34)39-28(40-26(20)37-12-11-36-4)41-14-17-9-7-6-8-10-17/h6-10,13,15H,4-5,11-12,14,35H2,1-3H3,(H,37,39,40). The molecule has 42 heavy (non-hydrogen) atoms. The number of nitrogens with two attached hydrogens (primary N) is 1. The monoisotopic (exact) mass is 588 g/mol. The number of alkyl halides is 3. The van der Waals surface area contributed by atoms with Crippen LogP contribution >= 0.6 is 0 Å². The molecule has 4 aromatic rings. The van der Waals surface area contributed by atoms with Crippen molar-refractivity contribution in [3.63, 3.8) is 0 Å². The quantitative estimate of drug-likeness (QED) is 0.0864. The molecule has 1 atom stereocenters. The highest BCUT2D eigenvalue weighted by Crippen LogP contribution is 2.44. The van der Waals surface area contributed by atoms with Gasteiger partial charge in [-0.1, -0.05) is 37.3 Å². The Morgan fingerprint density at radius 2 is 1.81 bits per heavy atom. The van der Waals surface area contributed by atoms with Gasteiger partial charge >= 0.3 is 12.2 Å². The van der Waals surface area contributed by atoms with Crippen molar-refractivity contribution in [2.75, 3.05) is 24.1 Å². The summed E-state index contributed by atoms with van der Waals surface area (Å²) in [4.78, 5) is 16.6. The van der Waals surface area contributed by atoms with Gasteiger partial charge in [0, 0.05) is 12.1 Å². The van der Waals surface area contributed by atoms with Crippen LogP contribution in [-0.4, -0.2) is 40.9 Å². The van der Waals surface area contributed by atoms with E-state index in [9.17, 15) is 17.6 Å². The van der Waals surface area contributed by atoms with Gasteiger partial charge in [-0.05, 0) is 44.2 Å². The minimum Gasteiger partial charge on any atom is -0.474 e. The van der Waals surface area contributed by atoms with Gasteiger partial charge < -0.3 is 20.5 Å². The number of aromatic nitrogens is 3. The maximum Gasteiger partial charge on any atom is 0.417 e. The summed E-state index contributed by atoms with van der Waals surface area (Å²) >= 11 is 0. The van der Waals surface area contributed by atoms with Crippen LogP contribution in [0.4, 0.5) is 33.5 Å². The topological polar surface area (TPSA) is 108 Å². The fourth-order valence-corrected chi connectivity index (χ4v) is 4.20. The maximum atomic E-state index is 16.4. The van der Waals surface area contributed by atoms with Crippen molar-refractivity contribution in [2.45, 2.75) is 46.1 Å². The molecule has 2 aromatic heterocycles. The molecule has 0 radical (unpaired) electrons. The number of aliphatic imine (C=N–C) groups is 1. The summed E-state index contributed by atoms with van der Waals surface area (Å²) in [7, 11) is 0. The number of anilines is 2. The van der Waals surface area contributed by atoms with Crippen LogP contribution in [-0.2, 0) is 12.8 Å². The number of nitrogens with zero attached hydrogens (tertiary/aromatic N) is 4. The van der Waals surface area contributed by atoms with Crippen molar-refractivity contribution in [3.05, 3.63) is 64.7 Å². The average Bonchev–Trinajstić information content (AvgIpc) is 2.95. The van der Waals surface area contributed by atoms with Gasteiger partial charge in [-0.2, -0.15) is 23.1 Å². The fourth-order valence-electron chi connectivity index (χ4n) is 4.20. The van der Waals surface area contributed by atoms with Crippen molar-refractivity contribution < 1.29 is 31.4 Å². The van der Waals surface area contributed by atoms with E-state index in [1.165, 1.54) is 0 Å². The zero-order valence-corrected chi connectivity index (χ0v) is 23.1. The Hall–Kier alpha value is -4.55. The van der Waals surface area contributed by atoms with E-state index in [4.69, 9.17) is 15.2 Å². The lowest BCUT2D eigenvalue weighted by atomic mass is 9.96. The Morgan fingerprint density at radius 1 is 1.10 bits per heavy atom. The van der Waals surface area contributed by atoms with E-state index in [2.05, 4.69) is 32.0 Å². The number of nitrogens with one attached hydrogen (secondary N) is 1. The number of pyridine rings is 1. The van der Waals surface area contributed by atoms with Crippen LogP contribution in [0.3, 0.4) is 0 Å². The van der Waals surface area contributed by atoms with Gasteiger partial charge in [-0.25, -0.2) is 13.8 Å². The molecule has 0 saturated carbocycles. The van der Waals surface area contributed by atoms with Crippen LogP contribution < -0.4 is 20.5 Å². The zero-order chi connectivity index (χ0) is 30.6. The van der Waals surface area contributed by atoms with Crippen LogP contribution in [0.15, 0.2) is 41.4 Å². The molecule has 0 aliphatic heterocycles. The Balaban J connectivity index is 2.02. The number of halogens is 5. The van der Waals surface area contributed by atoms with Gasteiger partial charge in [0.2, 0.25) is 5.88 Å². The Kier molecular flexibility index (Phi) is 9.08. The van der Waals surface area contributed by atoms with Crippen molar-refractivity contribution in [2.24, 2.45) is 4.99 Å². The summed E-state index contributed by atoms with van der Waals surface area (Å²) in [6, 6.07) is 9.50. The highest BCUT2D eigenvalue weighted by Gasteiger charge is 2.39. The molecule has 0 spiro atoms. The summed E-state index contributed by atoms with van der Waals surface area (Å²) in [5, 5.41) is 2.99. The molecule has 0 amide bonds. The number of benzene rings is 2. The first-order valence-corrected chi connectivity index (χ1v) is 13.0. The largest absolute Gasteiger partial charge is 0.474 e. The molecule has 8 nitrogen and oxygen atoms in total. The SMILES string of the molecule is C=NCCNc1nc(OCc2ccccc2)nc2c(F)c(-c3cc(N)c(F)c(C)c3C(F)(F)F)nc(OC(C)CC)c12. The normalized spacial score (nSPS) is 12.3. The first-order valence-electron chi connectivity index (χ1n) is 13.0. The molecule has 0 saturated heterocycles. The summed E-state index contributed by atoms with van der Waals surface area (Å²) in [5.74, 6) is -2.65. The summed E-state index contributed by atoms with van der Waals surface area (Å²) in [6.07, 6.45) is -5.04. The Labute approximate surface area is 238 Å². The molecule has 0 fully saturated rings. The first kappa shape index (κ1) is 30.4. The number of fused-ring (bicyclic) bond motifs is 1. The van der Waals surface area contributed by atoms with Gasteiger partial charge in [0.1, 0.15) is 34.8 Å². The number of hydrogen-bond donors (Lipinski definition) is 2. The van der Waals surface area contributed by atoms with Gasteiger partial charge in [0.05, 0.1) is 23.9 Å². The Bertz CT molecular complexity index is 1600. The first-order chi connectivity index (χ1) is 20.0. The predicted molar refractivity (Wildman–Crippen MR) is 151 cm³/mol. The van der Waals surface area contributed by atoms with Gasteiger partial charge in [0.15, 0.2) is 5.82 Å². The molecular formula is C29H29F5N6O2. The molecule has 2 aromatic carbocycles. The highest BCUT2D eigenvalue weighted by atomic mass is 19.4. The van der Waals surface area contributed by atoms with E-state index in [1.807, 2.05) is 13.0 Å². The summed E-state index contributed by atoms with van der Waals surface area (Å²) in [5.41, 5.74) is 1.70. The molecule has 0 bridgehead atoms. The molecule has 0 aliphatic rings. The third-order valence-corrected chi connectivity index (χ3v) is 6.46. The van der Waals surface area contributed by atoms with Crippen molar-refractivity contribution in [1.29, 1.82) is 0 Å². The second kappa shape index (κ2) is 12.5. The van der Waals surface area contributed by atoms with Gasteiger partial charge in [-0.15, -0.1) is 0 Å². The predicted octanol–water partition coefficient (Wildman–Crippen LogP) is 6.75. The van der Waals surface area contributed by atoms with E-state index >= 15 is 4.39 Å². The lowest BCUT2D eigenvalue weighted by molar-refractivity contribution is -0.137. The minimum atomic E-state index is -5.06. The molecule has 13 heteroatoms. The van der Waals surface area contributed by atoms with Crippen LogP contribution in [0.2, 0.25) is 0 Å². The van der Waals surface area contributed by atoms with Crippen LogP contribution in [0, 0.1) is 18.6 Å². The Morgan fingerprint density at radius 3 is 2.45 bits per heavy atom. The van der Waals surface area contributed by atoms with Crippen LogP contribution in [0.1, 0.15) is 37.0 Å². The summed E-state index contributed by atoms with van der Waals surface area (Å²) in [6.45, 7) is 8.42. The van der Waals surface area contributed by atoms with Crippen LogP contribution in [0.5, 0.6) is 11.9 Å². The van der Waals surface area contributed by atoms with Gasteiger partial charge in [-0.3, -0.25) is 4.99 Å². The molecule has 222 valence electrons. The van der Waals surface area contributed by atoms with Crippen molar-refractivity contribution in [1.82, 2.24) is 15.0 Å². The summed E-state index contributed by atoms with van der Waals surface area (Å²) < 4.78 is 85.3. The van der Waals surface area contributed by atoms with E-state index in [-0.39, 0.29) is 42.8 Å². The molecule has 2 heterocycles. The van der Waals surface area contributed by atoms with Crippen molar-refractivity contribution >= 4 is 29.1 Å². The lowest BCUT2D eigenvalue weighted by Crippen LogP contribution is -2.16. The third-order valence-electron chi connectivity index (χ3n) is 6.46. The number of nitrogen functional groups attached to an aromatic ring is 1. The minimum absolute atomic E-state index is 0.0203. The number of ether oxygens (including phenoxy) is 2. The third kappa shape index (κ3) is 6.34. The fraction of sp³-hybridized carbons (Fsp3) is 0.310. The van der Waals surface area contributed by atoms with E-state index in [0.29, 0.717) is 12.5 Å². The van der Waals surface area contributed by atoms with Crippen molar-refractivity contribution in [3.8, 4) is 23.1 Å². The van der Waals surface area contributed by atoms with Crippen LogP contribution in [0.25, 0.3) is 22.2 Å².